The minimum Gasteiger partial charge on any atom is -0.382 e. The molecule has 0 atom stereocenters. The van der Waals surface area contributed by atoms with Crippen LogP contribution in [0, 0.1) is 0 Å². The number of amides is 1. The fraction of sp³-hybridized carbons (Fsp3) is 0.500. The fourth-order valence-electron chi connectivity index (χ4n) is 1.48. The molecule has 0 aliphatic heterocycles. The van der Waals surface area contributed by atoms with Gasteiger partial charge in [-0.3, -0.25) is 4.79 Å². The van der Waals surface area contributed by atoms with Crippen molar-refractivity contribution in [3.63, 3.8) is 0 Å². The van der Waals surface area contributed by atoms with Gasteiger partial charge in [-0.2, -0.15) is 23.1 Å². The molecule has 0 radical (unpaired) electrons. The van der Waals surface area contributed by atoms with Crippen molar-refractivity contribution < 1.29 is 13.2 Å². The van der Waals surface area contributed by atoms with Crippen molar-refractivity contribution in [3.8, 4) is 0 Å². The summed E-state index contributed by atoms with van der Waals surface area (Å²) in [6.07, 6.45) is 1.48. The van der Waals surface area contributed by atoms with Gasteiger partial charge in [0.05, 0.1) is 0 Å². The molecule has 6 N–H and O–H groups in total. The first-order chi connectivity index (χ1) is 11.7. The number of hydrogen-bond acceptors (Lipinski definition) is 8. The summed E-state index contributed by atoms with van der Waals surface area (Å²) in [5.74, 6) is -0.620. The number of aromatic nitrogens is 2. The van der Waals surface area contributed by atoms with Crippen molar-refractivity contribution >= 4 is 45.7 Å². The lowest BCUT2D eigenvalue weighted by Crippen LogP contribution is -2.35. The van der Waals surface area contributed by atoms with Gasteiger partial charge in [-0.1, -0.05) is 18.5 Å². The number of rotatable bonds is 9. The molecule has 140 valence electrons. The molecule has 25 heavy (non-hydrogen) atoms. The Bertz CT molecular complexity index is 738. The maximum absolute atomic E-state index is 12.0. The van der Waals surface area contributed by atoms with Gasteiger partial charge in [0.1, 0.15) is 6.34 Å². The SMILES string of the molecule is CCCNS(=O)(=O)NN=CNC(=O)c1nc(Cl)c(NC(C)C)nc1N. The average molecular weight is 393 g/mol. The van der Waals surface area contributed by atoms with Crippen molar-refractivity contribution in [2.24, 2.45) is 5.10 Å². The van der Waals surface area contributed by atoms with Crippen LogP contribution >= 0.6 is 11.6 Å². The van der Waals surface area contributed by atoms with E-state index in [0.29, 0.717) is 6.42 Å². The van der Waals surface area contributed by atoms with Crippen LogP contribution in [-0.2, 0) is 10.2 Å². The second-order valence-corrected chi connectivity index (χ2v) is 6.95. The Kier molecular flexibility index (Phi) is 7.80. The minimum atomic E-state index is -3.77. The number of hydrazone groups is 1. The Morgan fingerprint density at radius 3 is 2.68 bits per heavy atom. The van der Waals surface area contributed by atoms with Crippen LogP contribution in [0.25, 0.3) is 0 Å². The molecule has 1 aromatic heterocycles. The third-order valence-corrected chi connectivity index (χ3v) is 3.69. The van der Waals surface area contributed by atoms with Crippen molar-refractivity contribution in [1.29, 1.82) is 0 Å². The smallest absolute Gasteiger partial charge is 0.314 e. The van der Waals surface area contributed by atoms with Gasteiger partial charge < -0.3 is 16.4 Å². The van der Waals surface area contributed by atoms with Crippen molar-refractivity contribution in [2.75, 3.05) is 17.6 Å². The number of anilines is 2. The van der Waals surface area contributed by atoms with Crippen LogP contribution in [0.3, 0.4) is 0 Å². The summed E-state index contributed by atoms with van der Waals surface area (Å²) in [7, 11) is -3.77. The fourth-order valence-corrected chi connectivity index (χ4v) is 2.39. The van der Waals surface area contributed by atoms with Crippen LogP contribution in [-0.4, -0.2) is 43.2 Å². The van der Waals surface area contributed by atoms with Crippen LogP contribution in [0.2, 0.25) is 5.15 Å². The van der Waals surface area contributed by atoms with Gasteiger partial charge in [-0.05, 0) is 20.3 Å². The number of carbonyl (C=O) groups is 1. The molecule has 1 rings (SSSR count). The van der Waals surface area contributed by atoms with Gasteiger partial charge in [-0.15, -0.1) is 0 Å². The van der Waals surface area contributed by atoms with Crippen molar-refractivity contribution in [2.45, 2.75) is 33.2 Å². The topological polar surface area (TPSA) is 163 Å². The molecule has 0 saturated heterocycles. The van der Waals surface area contributed by atoms with E-state index in [4.69, 9.17) is 17.3 Å². The number of carbonyl (C=O) groups excluding carboxylic acids is 1. The van der Waals surface area contributed by atoms with Crippen molar-refractivity contribution in [3.05, 3.63) is 10.8 Å². The van der Waals surface area contributed by atoms with E-state index in [1.54, 1.807) is 0 Å². The van der Waals surface area contributed by atoms with Crippen LogP contribution in [0.1, 0.15) is 37.7 Å². The van der Waals surface area contributed by atoms with E-state index >= 15 is 0 Å². The minimum absolute atomic E-state index is 0.0190. The summed E-state index contributed by atoms with van der Waals surface area (Å²) in [5, 5.41) is 8.51. The van der Waals surface area contributed by atoms with Gasteiger partial charge in [0.25, 0.3) is 5.91 Å². The van der Waals surface area contributed by atoms with E-state index in [9.17, 15) is 13.2 Å². The molecular weight excluding hydrogens is 372 g/mol. The molecule has 1 amide bonds. The van der Waals surface area contributed by atoms with Crippen LogP contribution in [0.5, 0.6) is 0 Å². The normalized spacial score (nSPS) is 11.7. The third kappa shape index (κ3) is 7.07. The standard InChI is InChI=1S/C12H21ClN8O3S/c1-4-5-17-25(23,24)21-16-6-15-12(22)8-10(14)20-11(9(13)19-8)18-7(2)3/h6-7,17,21H,4-5H2,1-3H3,(H3,14,18,20)(H,15,16,22). The molecule has 11 nitrogen and oxygen atoms in total. The van der Waals surface area contributed by atoms with E-state index in [1.165, 1.54) is 0 Å². The summed E-state index contributed by atoms with van der Waals surface area (Å²) in [5.41, 5.74) is 5.49. The molecule has 0 fully saturated rings. The molecule has 0 aliphatic carbocycles. The van der Waals surface area contributed by atoms with Gasteiger partial charge >= 0.3 is 10.2 Å². The number of nitrogens with two attached hydrogens (primary N) is 1. The van der Waals surface area contributed by atoms with Gasteiger partial charge in [0.15, 0.2) is 22.5 Å². The van der Waals surface area contributed by atoms with Crippen LogP contribution in [0.15, 0.2) is 5.10 Å². The quantitative estimate of drug-likeness (QED) is 0.225. The summed E-state index contributed by atoms with van der Waals surface area (Å²) >= 11 is 5.95. The molecule has 1 heterocycles. The zero-order valence-electron chi connectivity index (χ0n) is 14.0. The number of nitrogens with one attached hydrogen (secondary N) is 4. The van der Waals surface area contributed by atoms with E-state index in [0.717, 1.165) is 6.34 Å². The Morgan fingerprint density at radius 2 is 2.08 bits per heavy atom. The predicted octanol–water partition coefficient (Wildman–Crippen LogP) is 0.0396. The molecule has 13 heteroatoms. The Labute approximate surface area is 151 Å². The van der Waals surface area contributed by atoms with E-state index < -0.39 is 16.1 Å². The highest BCUT2D eigenvalue weighted by Gasteiger charge is 2.16. The zero-order chi connectivity index (χ0) is 19.0. The highest BCUT2D eigenvalue weighted by atomic mass is 35.5. The Balaban J connectivity index is 2.72. The number of nitrogen functional groups attached to an aromatic ring is 1. The molecule has 0 saturated carbocycles. The molecule has 1 aromatic rings. The second-order valence-electron chi connectivity index (χ2n) is 5.12. The Morgan fingerprint density at radius 1 is 1.40 bits per heavy atom. The van der Waals surface area contributed by atoms with E-state index in [2.05, 4.69) is 30.4 Å². The number of halogens is 1. The van der Waals surface area contributed by atoms with E-state index in [1.807, 2.05) is 25.6 Å². The molecule has 0 aromatic carbocycles. The lowest BCUT2D eigenvalue weighted by molar-refractivity contribution is 0.0974. The van der Waals surface area contributed by atoms with E-state index in [-0.39, 0.29) is 35.1 Å². The third-order valence-electron chi connectivity index (χ3n) is 2.50. The van der Waals surface area contributed by atoms with Crippen molar-refractivity contribution in [1.82, 2.24) is 24.8 Å². The average Bonchev–Trinajstić information content (AvgIpc) is 2.52. The van der Waals surface area contributed by atoms with Gasteiger partial charge in [0, 0.05) is 12.6 Å². The largest absolute Gasteiger partial charge is 0.382 e. The maximum Gasteiger partial charge on any atom is 0.314 e. The highest BCUT2D eigenvalue weighted by molar-refractivity contribution is 7.87. The summed E-state index contributed by atoms with van der Waals surface area (Å²) < 4.78 is 25.1. The van der Waals surface area contributed by atoms with Gasteiger partial charge in [0.2, 0.25) is 0 Å². The second kappa shape index (κ2) is 9.34. The highest BCUT2D eigenvalue weighted by Crippen LogP contribution is 2.20. The Hall–Kier alpha value is -2.18. The van der Waals surface area contributed by atoms with Gasteiger partial charge in [-0.25, -0.2) is 9.97 Å². The first-order valence-corrected chi connectivity index (χ1v) is 9.20. The molecular formula is C12H21ClN8O3S. The lowest BCUT2D eigenvalue weighted by atomic mass is 10.3. The maximum atomic E-state index is 12.0. The number of nitrogens with zero attached hydrogens (tertiary/aromatic N) is 3. The number of hydrogen-bond donors (Lipinski definition) is 5. The van der Waals surface area contributed by atoms with Crippen LogP contribution < -0.4 is 25.9 Å². The summed E-state index contributed by atoms with van der Waals surface area (Å²) in [6, 6.07) is 0.0485. The monoisotopic (exact) mass is 392 g/mol. The predicted molar refractivity (Wildman–Crippen MR) is 96.5 cm³/mol. The zero-order valence-corrected chi connectivity index (χ0v) is 15.6. The molecule has 0 bridgehead atoms. The molecule has 0 aliphatic rings. The first-order valence-electron chi connectivity index (χ1n) is 7.34. The lowest BCUT2D eigenvalue weighted by Gasteiger charge is -2.12. The summed E-state index contributed by atoms with van der Waals surface area (Å²) in [4.78, 5) is 21.7. The molecule has 0 spiro atoms. The summed E-state index contributed by atoms with van der Waals surface area (Å²) in [6.45, 7) is 5.83. The first kappa shape index (κ1) is 20.9. The molecule has 0 unspecified atom stereocenters. The van der Waals surface area contributed by atoms with Crippen LogP contribution in [0.4, 0.5) is 11.6 Å².